The van der Waals surface area contributed by atoms with Crippen LogP contribution in [0.4, 0.5) is 5.69 Å². The zero-order valence-electron chi connectivity index (χ0n) is 14.8. The van der Waals surface area contributed by atoms with Gasteiger partial charge in [0.25, 0.3) is 5.91 Å². The molecule has 2 aromatic heterocycles. The van der Waals surface area contributed by atoms with Crippen molar-refractivity contribution < 1.29 is 14.7 Å². The molecule has 140 valence electrons. The van der Waals surface area contributed by atoms with Gasteiger partial charge in [0.15, 0.2) is 5.76 Å². The molecular weight excluding hydrogens is 396 g/mol. The summed E-state index contributed by atoms with van der Waals surface area (Å²) < 4.78 is 0. The monoisotopic (exact) mass is 410 g/mol. The number of ketones is 1. The highest BCUT2D eigenvalue weighted by Gasteiger charge is 2.44. The number of pyridine rings is 1. The highest BCUT2D eigenvalue weighted by molar-refractivity contribution is 7.12. The van der Waals surface area contributed by atoms with Crippen molar-refractivity contribution in [3.05, 3.63) is 92.6 Å². The molecule has 1 aliphatic heterocycles. The molecule has 0 radical (unpaired) electrons. The van der Waals surface area contributed by atoms with Crippen molar-refractivity contribution >= 4 is 40.3 Å². The van der Waals surface area contributed by atoms with Crippen LogP contribution in [0.1, 0.15) is 26.8 Å². The number of nitrogens with zero attached hydrogens (tertiary/aromatic N) is 2. The maximum absolute atomic E-state index is 13.1. The summed E-state index contributed by atoms with van der Waals surface area (Å²) in [5.74, 6) is -1.55. The van der Waals surface area contributed by atoms with Crippen LogP contribution in [0.15, 0.2) is 71.6 Å². The molecule has 1 N–H and O–H groups in total. The lowest BCUT2D eigenvalue weighted by Gasteiger charge is -2.27. The summed E-state index contributed by atoms with van der Waals surface area (Å²) in [7, 11) is 0. The van der Waals surface area contributed by atoms with Gasteiger partial charge in [-0.2, -0.15) is 0 Å². The second kappa shape index (κ2) is 7.22. The first-order valence-corrected chi connectivity index (χ1v) is 9.75. The average molecular weight is 411 g/mol. The van der Waals surface area contributed by atoms with Crippen molar-refractivity contribution in [3.63, 3.8) is 0 Å². The number of carbonyl (C=O) groups is 2. The first kappa shape index (κ1) is 18.4. The van der Waals surface area contributed by atoms with Gasteiger partial charge in [0, 0.05) is 23.1 Å². The van der Waals surface area contributed by atoms with Crippen molar-refractivity contribution in [2.45, 2.75) is 13.0 Å². The number of aromatic nitrogens is 1. The van der Waals surface area contributed by atoms with Crippen molar-refractivity contribution in [2.75, 3.05) is 4.90 Å². The van der Waals surface area contributed by atoms with Gasteiger partial charge < -0.3 is 5.11 Å². The van der Waals surface area contributed by atoms with Gasteiger partial charge in [0.2, 0.25) is 5.78 Å². The van der Waals surface area contributed by atoms with Gasteiger partial charge in [-0.25, -0.2) is 0 Å². The minimum Gasteiger partial charge on any atom is -0.503 e. The van der Waals surface area contributed by atoms with E-state index in [4.69, 9.17) is 11.6 Å². The van der Waals surface area contributed by atoms with Crippen molar-refractivity contribution in [2.24, 2.45) is 0 Å². The third-order valence-electron chi connectivity index (χ3n) is 4.65. The number of halogens is 1. The van der Waals surface area contributed by atoms with E-state index in [9.17, 15) is 14.7 Å². The van der Waals surface area contributed by atoms with E-state index in [1.165, 1.54) is 16.2 Å². The molecule has 0 saturated carbocycles. The van der Waals surface area contributed by atoms with E-state index >= 15 is 0 Å². The Bertz CT molecular complexity index is 1090. The lowest BCUT2D eigenvalue weighted by atomic mass is 9.96. The highest BCUT2D eigenvalue weighted by Crippen LogP contribution is 2.42. The summed E-state index contributed by atoms with van der Waals surface area (Å²) in [5, 5.41) is 12.9. The standard InChI is InChI=1S/C21H15ClN2O3S/c1-12-4-5-14(11-15(12)22)24-18(13-6-8-23-9-7-13)17(20(26)21(24)27)19(25)16-3-2-10-28-16/h2-11,18,26H,1H3. The van der Waals surface area contributed by atoms with Crippen LogP contribution in [0.25, 0.3) is 0 Å². The van der Waals surface area contributed by atoms with Crippen LogP contribution in [0.5, 0.6) is 0 Å². The second-order valence-electron chi connectivity index (χ2n) is 6.36. The molecule has 0 spiro atoms. The molecule has 1 aromatic carbocycles. The fourth-order valence-corrected chi connectivity index (χ4v) is 4.09. The molecule has 1 atom stereocenters. The van der Waals surface area contributed by atoms with Gasteiger partial charge in [0.1, 0.15) is 0 Å². The first-order chi connectivity index (χ1) is 13.5. The predicted molar refractivity (Wildman–Crippen MR) is 109 cm³/mol. The molecule has 28 heavy (non-hydrogen) atoms. The Morgan fingerprint density at radius 2 is 1.96 bits per heavy atom. The topological polar surface area (TPSA) is 70.5 Å². The summed E-state index contributed by atoms with van der Waals surface area (Å²) in [6, 6.07) is 11.3. The summed E-state index contributed by atoms with van der Waals surface area (Å²) in [6.07, 6.45) is 3.17. The Labute approximate surface area is 170 Å². The molecule has 1 unspecified atom stereocenters. The summed E-state index contributed by atoms with van der Waals surface area (Å²) in [5.41, 5.74) is 2.09. The number of amides is 1. The maximum Gasteiger partial charge on any atom is 0.294 e. The van der Waals surface area contributed by atoms with Crippen LogP contribution < -0.4 is 4.90 Å². The molecule has 3 heterocycles. The van der Waals surface area contributed by atoms with Crippen molar-refractivity contribution in [1.82, 2.24) is 4.98 Å². The Balaban J connectivity index is 1.89. The largest absolute Gasteiger partial charge is 0.503 e. The van der Waals surface area contributed by atoms with Crippen molar-refractivity contribution in [3.8, 4) is 0 Å². The van der Waals surface area contributed by atoms with Gasteiger partial charge in [-0.3, -0.25) is 19.5 Å². The van der Waals surface area contributed by atoms with Gasteiger partial charge in [0.05, 0.1) is 16.5 Å². The number of benzene rings is 1. The lowest BCUT2D eigenvalue weighted by Crippen LogP contribution is -2.31. The van der Waals surface area contributed by atoms with Crippen LogP contribution in [0.2, 0.25) is 5.02 Å². The third kappa shape index (κ3) is 3.00. The van der Waals surface area contributed by atoms with Crippen LogP contribution in [0.3, 0.4) is 0 Å². The summed E-state index contributed by atoms with van der Waals surface area (Å²) >= 11 is 7.52. The summed E-state index contributed by atoms with van der Waals surface area (Å²) in [4.78, 5) is 32.0. The van der Waals surface area contributed by atoms with Gasteiger partial charge >= 0.3 is 0 Å². The van der Waals surface area contributed by atoms with E-state index < -0.39 is 17.7 Å². The number of Topliss-reactive ketones (excluding diaryl/α,β-unsaturated/α-hetero) is 1. The van der Waals surface area contributed by atoms with E-state index in [2.05, 4.69) is 4.98 Å². The minimum atomic E-state index is -0.774. The molecule has 0 saturated heterocycles. The van der Waals surface area contributed by atoms with E-state index in [1.807, 2.05) is 6.92 Å². The second-order valence-corrected chi connectivity index (χ2v) is 7.72. The quantitative estimate of drug-likeness (QED) is 0.622. The normalized spacial score (nSPS) is 16.7. The molecule has 0 aliphatic carbocycles. The zero-order valence-corrected chi connectivity index (χ0v) is 16.4. The smallest absolute Gasteiger partial charge is 0.294 e. The van der Waals surface area contributed by atoms with E-state index in [1.54, 1.807) is 60.2 Å². The van der Waals surface area contributed by atoms with Gasteiger partial charge in [-0.15, -0.1) is 11.3 Å². The van der Waals surface area contributed by atoms with Crippen LogP contribution in [-0.4, -0.2) is 21.8 Å². The molecule has 5 nitrogen and oxygen atoms in total. The fraction of sp³-hybridized carbons (Fsp3) is 0.0952. The molecule has 7 heteroatoms. The van der Waals surface area contributed by atoms with E-state index in [0.29, 0.717) is 21.2 Å². The predicted octanol–water partition coefficient (Wildman–Crippen LogP) is 4.89. The average Bonchev–Trinajstić information content (AvgIpc) is 3.32. The first-order valence-electron chi connectivity index (χ1n) is 8.50. The van der Waals surface area contributed by atoms with Gasteiger partial charge in [-0.05, 0) is 53.8 Å². The number of hydrogen-bond acceptors (Lipinski definition) is 5. The van der Waals surface area contributed by atoms with Crippen molar-refractivity contribution in [1.29, 1.82) is 0 Å². The Morgan fingerprint density at radius 3 is 2.61 bits per heavy atom. The van der Waals surface area contributed by atoms with Crippen LogP contribution >= 0.6 is 22.9 Å². The number of aliphatic hydroxyl groups is 1. The number of thiophene rings is 1. The zero-order chi connectivity index (χ0) is 19.8. The molecule has 1 amide bonds. The van der Waals surface area contributed by atoms with Gasteiger partial charge in [-0.1, -0.05) is 23.7 Å². The molecule has 0 bridgehead atoms. The van der Waals surface area contributed by atoms with E-state index in [-0.39, 0.29) is 11.4 Å². The number of anilines is 1. The minimum absolute atomic E-state index is 0.0512. The summed E-state index contributed by atoms with van der Waals surface area (Å²) in [6.45, 7) is 1.86. The molecule has 0 fully saturated rings. The fourth-order valence-electron chi connectivity index (χ4n) is 3.24. The Kier molecular flexibility index (Phi) is 4.75. The lowest BCUT2D eigenvalue weighted by molar-refractivity contribution is -0.117. The van der Waals surface area contributed by atoms with Crippen LogP contribution in [0, 0.1) is 6.92 Å². The number of aryl methyl sites for hydroxylation is 1. The van der Waals surface area contributed by atoms with E-state index in [0.717, 1.165) is 5.56 Å². The number of rotatable bonds is 4. The molecular formula is C21H15ClN2O3S. The number of hydrogen-bond donors (Lipinski definition) is 1. The Morgan fingerprint density at radius 1 is 1.21 bits per heavy atom. The SMILES string of the molecule is Cc1ccc(N2C(=O)C(O)=C(C(=O)c3cccs3)C2c2ccncc2)cc1Cl. The third-order valence-corrected chi connectivity index (χ3v) is 5.93. The molecule has 1 aliphatic rings. The number of carbonyl (C=O) groups excluding carboxylic acids is 2. The van der Waals surface area contributed by atoms with Crippen LogP contribution in [-0.2, 0) is 4.79 Å². The Hall–Kier alpha value is -2.96. The maximum atomic E-state index is 13.1. The molecule has 3 aromatic rings. The highest BCUT2D eigenvalue weighted by atomic mass is 35.5. The molecule has 4 rings (SSSR count). The number of aliphatic hydroxyl groups excluding tert-OH is 1.